The van der Waals surface area contributed by atoms with Gasteiger partial charge in [-0.25, -0.2) is 0 Å². The van der Waals surface area contributed by atoms with Crippen LogP contribution in [0.3, 0.4) is 0 Å². The van der Waals surface area contributed by atoms with E-state index in [-0.39, 0.29) is 12.8 Å². The van der Waals surface area contributed by atoms with Crippen LogP contribution in [0.4, 0.5) is 0 Å². The predicted molar refractivity (Wildman–Crippen MR) is 201 cm³/mol. The van der Waals surface area contributed by atoms with Gasteiger partial charge in [-0.2, -0.15) is 0 Å². The Morgan fingerprint density at radius 1 is 0.429 bits per heavy atom. The van der Waals surface area contributed by atoms with Gasteiger partial charge in [0.1, 0.15) is 0 Å². The second-order valence-electron chi connectivity index (χ2n) is 14.9. The Hall–Kier alpha value is -0.426. The molecule has 0 heterocycles. The third-order valence-electron chi connectivity index (χ3n) is 8.55. The normalized spacial score (nSPS) is 10.8. The van der Waals surface area contributed by atoms with Crippen molar-refractivity contribution in [1.29, 1.82) is 0 Å². The third-order valence-corrected chi connectivity index (χ3v) is 9.56. The molecule has 0 radical (unpaired) electrons. The number of carboxylic acid groups (broad SMARTS) is 2. The Kier molecular flexibility index (Phi) is 51.4. The second-order valence-corrected chi connectivity index (χ2v) is 16.0. The molecule has 0 atom stereocenters. The Labute approximate surface area is 316 Å². The summed E-state index contributed by atoms with van der Waals surface area (Å²) in [5.74, 6) is -0.0830. The van der Waals surface area contributed by atoms with Crippen LogP contribution in [0.15, 0.2) is 0 Å². The van der Waals surface area contributed by atoms with Crippen LogP contribution in [0, 0.1) is 11.8 Å². The van der Waals surface area contributed by atoms with E-state index >= 15 is 0 Å². The van der Waals surface area contributed by atoms with E-state index in [0.717, 1.165) is 63.6 Å². The first-order valence-electron chi connectivity index (χ1n) is 21.0. The molecular weight excluding hydrogens is 648 g/mol. The summed E-state index contributed by atoms with van der Waals surface area (Å²) in [4.78, 5) is 20.4. The van der Waals surface area contributed by atoms with Gasteiger partial charge in [-0.15, -0.1) is 0 Å². The Balaban J connectivity index is -0.000000695. The number of carbonyl (C=O) groups is 2. The summed E-state index contributed by atoms with van der Waals surface area (Å²) in [7, 11) is 0. The molecule has 0 aliphatic heterocycles. The minimum atomic E-state index is -0.904. The molecule has 0 saturated carbocycles. The van der Waals surface area contributed by atoms with Gasteiger partial charge in [0.2, 0.25) is 0 Å². The standard InChI is InChI=1S/2C18H36O2.2C3H7O.Ti/c2*1-17(2)15-13-11-9-7-5-3-4-6-8-10-12-14-16-18(19)20;2*1-2-3-4;/h2*17H,3-16H2,1-2H3,(H,19,20);2*2-3H2,1H3;/q;;2*-1;+4/p-2. The quantitative estimate of drug-likeness (QED) is 0.0470. The van der Waals surface area contributed by atoms with E-state index in [1.165, 1.54) is 141 Å². The second kappa shape index (κ2) is 47.6. The minimum absolute atomic E-state index is 0.233. The molecule has 0 rings (SSSR count). The molecule has 0 aromatic rings. The molecule has 0 aromatic carbocycles. The van der Waals surface area contributed by atoms with Crippen molar-refractivity contribution in [3.05, 3.63) is 0 Å². The molecule has 0 unspecified atom stereocenters. The van der Waals surface area contributed by atoms with Crippen molar-refractivity contribution < 1.29 is 46.4 Å². The molecule has 0 fully saturated rings. The molecule has 0 aliphatic rings. The van der Waals surface area contributed by atoms with E-state index < -0.39 is 31.9 Å². The van der Waals surface area contributed by atoms with Crippen LogP contribution >= 0.6 is 0 Å². The fourth-order valence-electron chi connectivity index (χ4n) is 5.51. The molecule has 0 spiro atoms. The van der Waals surface area contributed by atoms with E-state index in [1.54, 1.807) is 0 Å². The zero-order valence-corrected chi connectivity index (χ0v) is 35.3. The Morgan fingerprint density at radius 3 is 0.857 bits per heavy atom. The van der Waals surface area contributed by atoms with Gasteiger partial charge in [0.15, 0.2) is 0 Å². The third kappa shape index (κ3) is 63.1. The van der Waals surface area contributed by atoms with E-state index in [0.29, 0.717) is 0 Å². The number of carboxylic acids is 2. The summed E-state index contributed by atoms with van der Waals surface area (Å²) >= 11 is -0.504. The first kappa shape index (κ1) is 52.9. The van der Waals surface area contributed by atoms with E-state index in [2.05, 4.69) is 41.5 Å². The van der Waals surface area contributed by atoms with Gasteiger partial charge in [-0.3, -0.25) is 0 Å². The van der Waals surface area contributed by atoms with Crippen LogP contribution in [0.2, 0.25) is 0 Å². The van der Waals surface area contributed by atoms with Crippen LogP contribution in [0.25, 0.3) is 0 Å². The zero-order valence-electron chi connectivity index (χ0n) is 33.7. The molecule has 6 nitrogen and oxygen atoms in total. The first-order valence-corrected chi connectivity index (χ1v) is 22.3. The fourth-order valence-corrected chi connectivity index (χ4v) is 6.54. The van der Waals surface area contributed by atoms with Gasteiger partial charge in [-0.1, -0.05) is 182 Å². The molecule has 0 aromatic heterocycles. The number of aliphatic carboxylic acids is 2. The number of rotatable bonds is 36. The molecule has 0 bridgehead atoms. The number of hydrogen-bond acceptors (Lipinski definition) is 6. The van der Waals surface area contributed by atoms with Gasteiger partial charge in [0.05, 0.1) is 0 Å². The van der Waals surface area contributed by atoms with Gasteiger partial charge < -0.3 is 19.8 Å². The van der Waals surface area contributed by atoms with Crippen molar-refractivity contribution in [2.75, 3.05) is 13.2 Å². The summed E-state index contributed by atoms with van der Waals surface area (Å²) in [5.41, 5.74) is 0. The van der Waals surface area contributed by atoms with Crippen molar-refractivity contribution in [1.82, 2.24) is 0 Å². The average Bonchev–Trinajstić information content (AvgIpc) is 3.05. The SMILES string of the molecule is CC(C)CCCCCCCCCCCCCCC(=O)[O-].CC(C)CCCCCCCCCCCCCCC(=O)[O-].CCC[O][Ti+2][O]CCC. The molecule has 7 heteroatoms. The van der Waals surface area contributed by atoms with Crippen LogP contribution in [-0.2, 0) is 36.2 Å². The molecule has 0 amide bonds. The van der Waals surface area contributed by atoms with Crippen LogP contribution in [0.5, 0.6) is 0 Å². The van der Waals surface area contributed by atoms with Gasteiger partial charge in [-0.05, 0) is 37.5 Å². The van der Waals surface area contributed by atoms with Gasteiger partial charge in [0.25, 0.3) is 0 Å². The molecule has 292 valence electrons. The van der Waals surface area contributed by atoms with Crippen molar-refractivity contribution in [2.45, 2.75) is 234 Å². The Morgan fingerprint density at radius 2 is 0.653 bits per heavy atom. The van der Waals surface area contributed by atoms with Crippen LogP contribution in [0.1, 0.15) is 234 Å². The average molecular weight is 733 g/mol. The summed E-state index contributed by atoms with van der Waals surface area (Å²) in [5, 5.41) is 20.4. The monoisotopic (exact) mass is 733 g/mol. The predicted octanol–water partition coefficient (Wildman–Crippen LogP) is 11.5. The number of hydrogen-bond donors (Lipinski definition) is 0. The fraction of sp³-hybridized carbons (Fsp3) is 0.952. The van der Waals surface area contributed by atoms with Gasteiger partial charge >= 0.3 is 66.5 Å². The first-order chi connectivity index (χ1) is 23.7. The topological polar surface area (TPSA) is 98.7 Å². The van der Waals surface area contributed by atoms with E-state index in [4.69, 9.17) is 6.64 Å². The van der Waals surface area contributed by atoms with Gasteiger partial charge in [0, 0.05) is 11.9 Å². The molecule has 0 N–H and O–H groups in total. The number of carbonyl (C=O) groups excluding carboxylic acids is 2. The van der Waals surface area contributed by atoms with E-state index in [9.17, 15) is 19.8 Å². The summed E-state index contributed by atoms with van der Waals surface area (Å²) in [6.07, 6.45) is 36.2. The van der Waals surface area contributed by atoms with Crippen molar-refractivity contribution in [3.63, 3.8) is 0 Å². The van der Waals surface area contributed by atoms with Crippen LogP contribution in [-0.4, -0.2) is 25.2 Å². The van der Waals surface area contributed by atoms with E-state index in [1.807, 2.05) is 0 Å². The molecule has 0 saturated heterocycles. The molecule has 49 heavy (non-hydrogen) atoms. The van der Waals surface area contributed by atoms with Crippen LogP contribution < -0.4 is 10.2 Å². The Bertz CT molecular complexity index is 576. The van der Waals surface area contributed by atoms with Crippen molar-refractivity contribution in [2.24, 2.45) is 11.8 Å². The molecular formula is C42H84O6Ti. The maximum atomic E-state index is 10.2. The summed E-state index contributed by atoms with van der Waals surface area (Å²) in [6, 6.07) is 0. The maximum absolute atomic E-state index is 10.2. The number of unbranched alkanes of at least 4 members (excludes halogenated alkanes) is 22. The molecule has 0 aliphatic carbocycles. The van der Waals surface area contributed by atoms with Crippen molar-refractivity contribution >= 4 is 11.9 Å². The zero-order chi connectivity index (χ0) is 37.1. The summed E-state index contributed by atoms with van der Waals surface area (Å²) in [6.45, 7) is 15.2. The van der Waals surface area contributed by atoms with Crippen molar-refractivity contribution in [3.8, 4) is 0 Å². The summed E-state index contributed by atoms with van der Waals surface area (Å²) < 4.78 is 10.4.